The zero-order valence-electron chi connectivity index (χ0n) is 12.1. The van der Waals surface area contributed by atoms with Crippen LogP contribution in [0.15, 0.2) is 23.1 Å². The molecule has 114 valence electrons. The Kier molecular flexibility index (Phi) is 6.41. The van der Waals surface area contributed by atoms with Crippen LogP contribution in [-0.4, -0.2) is 52.7 Å². The SMILES string of the molecule is COc1ccc(CO)cc1S(=O)(=O)NCCCN(C)C. The number of methoxy groups -OCH3 is 1. The fraction of sp³-hybridized carbons (Fsp3) is 0.538. The van der Waals surface area contributed by atoms with Crippen molar-refractivity contribution in [3.63, 3.8) is 0 Å². The van der Waals surface area contributed by atoms with E-state index in [9.17, 15) is 8.42 Å². The summed E-state index contributed by atoms with van der Waals surface area (Å²) in [5.41, 5.74) is 0.527. The molecular formula is C13H22N2O4S. The highest BCUT2D eigenvalue weighted by atomic mass is 32.2. The standard InChI is InChI=1S/C13H22N2O4S/c1-15(2)8-4-7-14-20(17,18)13-9-11(10-16)5-6-12(13)19-3/h5-6,9,14,16H,4,7-8,10H2,1-3H3. The summed E-state index contributed by atoms with van der Waals surface area (Å²) in [6.45, 7) is 0.941. The maximum absolute atomic E-state index is 12.2. The van der Waals surface area contributed by atoms with Crippen molar-refractivity contribution in [1.82, 2.24) is 9.62 Å². The van der Waals surface area contributed by atoms with E-state index in [1.807, 2.05) is 19.0 Å². The summed E-state index contributed by atoms with van der Waals surface area (Å²) in [7, 11) is 1.64. The summed E-state index contributed by atoms with van der Waals surface area (Å²) in [6, 6.07) is 4.59. The van der Waals surface area contributed by atoms with Crippen LogP contribution in [0, 0.1) is 0 Å². The molecule has 0 saturated carbocycles. The first kappa shape index (κ1) is 16.9. The summed E-state index contributed by atoms with van der Waals surface area (Å²) in [6.07, 6.45) is 0.717. The number of sulfonamides is 1. The molecule has 0 fully saturated rings. The largest absolute Gasteiger partial charge is 0.495 e. The number of nitrogens with one attached hydrogen (secondary N) is 1. The number of aliphatic hydroxyl groups is 1. The van der Waals surface area contributed by atoms with Gasteiger partial charge in [-0.2, -0.15) is 0 Å². The van der Waals surface area contributed by atoms with Crippen LogP contribution in [0.5, 0.6) is 5.75 Å². The molecule has 0 aliphatic carbocycles. The molecule has 0 spiro atoms. The van der Waals surface area contributed by atoms with Crippen molar-refractivity contribution >= 4 is 10.0 Å². The van der Waals surface area contributed by atoms with E-state index in [0.717, 1.165) is 6.54 Å². The number of aliphatic hydroxyl groups excluding tert-OH is 1. The molecule has 0 aliphatic rings. The van der Waals surface area contributed by atoms with E-state index in [4.69, 9.17) is 9.84 Å². The minimum absolute atomic E-state index is 0.0522. The summed E-state index contributed by atoms with van der Waals surface area (Å²) < 4.78 is 32.1. The molecule has 0 unspecified atom stereocenters. The van der Waals surface area contributed by atoms with Crippen molar-refractivity contribution in [2.75, 3.05) is 34.3 Å². The average Bonchev–Trinajstić information content (AvgIpc) is 2.42. The van der Waals surface area contributed by atoms with Crippen LogP contribution >= 0.6 is 0 Å². The van der Waals surface area contributed by atoms with Gasteiger partial charge in [0.2, 0.25) is 10.0 Å². The zero-order valence-corrected chi connectivity index (χ0v) is 12.9. The lowest BCUT2D eigenvalue weighted by Gasteiger charge is -2.13. The average molecular weight is 302 g/mol. The second-order valence-electron chi connectivity index (χ2n) is 4.70. The predicted octanol–water partition coefficient (Wildman–Crippen LogP) is 0.417. The highest BCUT2D eigenvalue weighted by Crippen LogP contribution is 2.24. The van der Waals surface area contributed by atoms with E-state index in [-0.39, 0.29) is 17.3 Å². The molecule has 0 aromatic heterocycles. The van der Waals surface area contributed by atoms with Gasteiger partial charge in [-0.3, -0.25) is 0 Å². The second kappa shape index (κ2) is 7.58. The van der Waals surface area contributed by atoms with Gasteiger partial charge in [0.15, 0.2) is 0 Å². The minimum Gasteiger partial charge on any atom is -0.495 e. The van der Waals surface area contributed by atoms with Crippen molar-refractivity contribution in [1.29, 1.82) is 0 Å². The zero-order chi connectivity index (χ0) is 15.2. The maximum Gasteiger partial charge on any atom is 0.244 e. The van der Waals surface area contributed by atoms with Crippen LogP contribution in [-0.2, 0) is 16.6 Å². The Morgan fingerprint density at radius 1 is 1.35 bits per heavy atom. The van der Waals surface area contributed by atoms with E-state index < -0.39 is 10.0 Å². The van der Waals surface area contributed by atoms with Crippen LogP contribution < -0.4 is 9.46 Å². The minimum atomic E-state index is -3.64. The third-order valence-electron chi connectivity index (χ3n) is 2.77. The van der Waals surface area contributed by atoms with Crippen LogP contribution in [0.3, 0.4) is 0 Å². The van der Waals surface area contributed by atoms with E-state index >= 15 is 0 Å². The molecule has 1 aromatic rings. The summed E-state index contributed by atoms with van der Waals surface area (Å²) in [5, 5.41) is 9.11. The van der Waals surface area contributed by atoms with E-state index in [0.29, 0.717) is 18.5 Å². The highest BCUT2D eigenvalue weighted by molar-refractivity contribution is 7.89. The van der Waals surface area contributed by atoms with Gasteiger partial charge in [0, 0.05) is 6.54 Å². The predicted molar refractivity (Wildman–Crippen MR) is 77.3 cm³/mol. The normalized spacial score (nSPS) is 11.8. The number of ether oxygens (including phenoxy) is 1. The molecule has 6 nitrogen and oxygen atoms in total. The summed E-state index contributed by atoms with van der Waals surface area (Å²) in [5.74, 6) is 0.266. The molecule has 1 rings (SSSR count). The van der Waals surface area contributed by atoms with E-state index in [1.54, 1.807) is 12.1 Å². The quantitative estimate of drug-likeness (QED) is 0.680. The second-order valence-corrected chi connectivity index (χ2v) is 6.43. The van der Waals surface area contributed by atoms with Gasteiger partial charge in [0.25, 0.3) is 0 Å². The molecule has 0 radical (unpaired) electrons. The molecule has 0 amide bonds. The van der Waals surface area contributed by atoms with Gasteiger partial charge in [0.05, 0.1) is 13.7 Å². The molecule has 20 heavy (non-hydrogen) atoms. The molecule has 1 aromatic carbocycles. The van der Waals surface area contributed by atoms with E-state index in [1.165, 1.54) is 13.2 Å². The van der Waals surface area contributed by atoms with Crippen LogP contribution in [0.4, 0.5) is 0 Å². The van der Waals surface area contributed by atoms with Crippen molar-refractivity contribution in [2.24, 2.45) is 0 Å². The Labute approximate surface area is 120 Å². The molecule has 7 heteroatoms. The van der Waals surface area contributed by atoms with Crippen molar-refractivity contribution in [3.8, 4) is 5.75 Å². The monoisotopic (exact) mass is 302 g/mol. The van der Waals surface area contributed by atoms with Crippen molar-refractivity contribution in [2.45, 2.75) is 17.9 Å². The van der Waals surface area contributed by atoms with Gasteiger partial charge in [0.1, 0.15) is 10.6 Å². The Bertz CT molecular complexity index is 529. The lowest BCUT2D eigenvalue weighted by Crippen LogP contribution is -2.27. The Morgan fingerprint density at radius 3 is 2.60 bits per heavy atom. The lowest BCUT2D eigenvalue weighted by molar-refractivity contribution is 0.281. The van der Waals surface area contributed by atoms with Crippen molar-refractivity contribution in [3.05, 3.63) is 23.8 Å². The van der Waals surface area contributed by atoms with Gasteiger partial charge in [-0.25, -0.2) is 13.1 Å². The maximum atomic E-state index is 12.2. The van der Waals surface area contributed by atoms with Crippen LogP contribution in [0.25, 0.3) is 0 Å². The van der Waals surface area contributed by atoms with Gasteiger partial charge in [-0.1, -0.05) is 6.07 Å². The van der Waals surface area contributed by atoms with Gasteiger partial charge < -0.3 is 14.7 Å². The Hall–Kier alpha value is -1.15. The number of nitrogens with zero attached hydrogens (tertiary/aromatic N) is 1. The third-order valence-corrected chi connectivity index (χ3v) is 4.26. The third kappa shape index (κ3) is 4.75. The van der Waals surface area contributed by atoms with Gasteiger partial charge in [-0.05, 0) is 44.8 Å². The molecule has 0 aliphatic heterocycles. The molecule has 0 heterocycles. The van der Waals surface area contributed by atoms with Crippen molar-refractivity contribution < 1.29 is 18.3 Å². The highest BCUT2D eigenvalue weighted by Gasteiger charge is 2.19. The molecular weight excluding hydrogens is 280 g/mol. The lowest BCUT2D eigenvalue weighted by atomic mass is 10.2. The molecule has 2 N–H and O–H groups in total. The Morgan fingerprint density at radius 2 is 2.05 bits per heavy atom. The fourth-order valence-electron chi connectivity index (χ4n) is 1.71. The number of rotatable bonds is 8. The first-order chi connectivity index (χ1) is 9.40. The first-order valence-corrected chi connectivity index (χ1v) is 7.81. The van der Waals surface area contributed by atoms with Crippen LogP contribution in [0.2, 0.25) is 0 Å². The fourth-order valence-corrected chi connectivity index (χ4v) is 3.00. The summed E-state index contributed by atoms with van der Waals surface area (Å²) >= 11 is 0. The van der Waals surface area contributed by atoms with Gasteiger partial charge >= 0.3 is 0 Å². The smallest absolute Gasteiger partial charge is 0.244 e. The Balaban J connectivity index is 2.85. The first-order valence-electron chi connectivity index (χ1n) is 6.33. The van der Waals surface area contributed by atoms with Crippen LogP contribution in [0.1, 0.15) is 12.0 Å². The topological polar surface area (TPSA) is 78.9 Å². The molecule has 0 saturated heterocycles. The summed E-state index contributed by atoms with van der Waals surface area (Å²) in [4.78, 5) is 2.04. The number of benzene rings is 1. The molecule has 0 atom stereocenters. The number of hydrogen-bond donors (Lipinski definition) is 2. The van der Waals surface area contributed by atoms with E-state index in [2.05, 4.69) is 4.72 Å². The van der Waals surface area contributed by atoms with Gasteiger partial charge in [-0.15, -0.1) is 0 Å². The number of hydrogen-bond acceptors (Lipinski definition) is 5. The molecule has 0 bridgehead atoms.